The van der Waals surface area contributed by atoms with Gasteiger partial charge in [-0.3, -0.25) is 9.59 Å². The van der Waals surface area contributed by atoms with Gasteiger partial charge in [-0.15, -0.1) is 11.3 Å². The van der Waals surface area contributed by atoms with Crippen LogP contribution in [0, 0.1) is 24.2 Å². The molecule has 3 aliphatic heterocycles. The number of ketones is 1. The number of aryl methyl sites for hydroxylation is 1. The van der Waals surface area contributed by atoms with Gasteiger partial charge in [0.15, 0.2) is 0 Å². The van der Waals surface area contributed by atoms with Crippen molar-refractivity contribution in [3.8, 4) is 0 Å². The molecular formula is C29H43NO7S. The molecule has 2 N–H and O–H groups in total. The average molecular weight is 550 g/mol. The number of fused-ring (bicyclic) bond motifs is 1. The Kier molecular flexibility index (Phi) is 8.84. The van der Waals surface area contributed by atoms with Gasteiger partial charge in [0, 0.05) is 17.7 Å². The maximum Gasteiger partial charge on any atom is 0.309 e. The smallest absolute Gasteiger partial charge is 0.309 e. The highest BCUT2D eigenvalue weighted by molar-refractivity contribution is 7.09. The molecule has 0 aliphatic carbocycles. The second-order valence-electron chi connectivity index (χ2n) is 12.3. The van der Waals surface area contributed by atoms with Gasteiger partial charge in [-0.05, 0) is 57.6 Å². The molecule has 0 radical (unpaired) electrons. The zero-order valence-corrected chi connectivity index (χ0v) is 24.3. The third-order valence-electron chi connectivity index (χ3n) is 8.67. The van der Waals surface area contributed by atoms with Crippen molar-refractivity contribution in [3.05, 3.63) is 21.7 Å². The van der Waals surface area contributed by atoms with Crippen molar-refractivity contribution in [2.75, 3.05) is 6.61 Å². The highest BCUT2D eigenvalue weighted by Crippen LogP contribution is 2.45. The summed E-state index contributed by atoms with van der Waals surface area (Å²) in [4.78, 5) is 31.3. The lowest BCUT2D eigenvalue weighted by molar-refractivity contribution is -0.155. The molecule has 3 fully saturated rings. The number of aromatic nitrogens is 1. The Morgan fingerprint density at radius 3 is 2.61 bits per heavy atom. The molecule has 8 unspecified atom stereocenters. The van der Waals surface area contributed by atoms with Gasteiger partial charge in [-0.2, -0.15) is 0 Å². The van der Waals surface area contributed by atoms with Crippen LogP contribution in [0.2, 0.25) is 0 Å². The molecule has 0 bridgehead atoms. The lowest BCUT2D eigenvalue weighted by Gasteiger charge is -2.36. The van der Waals surface area contributed by atoms with Gasteiger partial charge >= 0.3 is 5.97 Å². The van der Waals surface area contributed by atoms with Crippen LogP contribution < -0.4 is 0 Å². The van der Waals surface area contributed by atoms with Crippen molar-refractivity contribution >= 4 is 29.2 Å². The van der Waals surface area contributed by atoms with Crippen molar-refractivity contribution < 1.29 is 34.0 Å². The summed E-state index contributed by atoms with van der Waals surface area (Å²) in [7, 11) is 0. The van der Waals surface area contributed by atoms with Crippen LogP contribution in [0.25, 0.3) is 6.08 Å². The van der Waals surface area contributed by atoms with Crippen molar-refractivity contribution in [2.24, 2.45) is 17.3 Å². The summed E-state index contributed by atoms with van der Waals surface area (Å²) < 4.78 is 17.4. The fourth-order valence-corrected chi connectivity index (χ4v) is 6.17. The number of aliphatic hydroxyl groups excluding tert-OH is 2. The standard InChI is InChI=1S/C29H43NO7S/c1-16-8-7-9-29(6)24(37-29)12-22(17(2)10-19-15-38-18(3)30-19)36-25(32)13-23(31)28(4,5)27(34)21(26(16)33)11-20-14-35-20/h10,15-16,20-24,26,31,33H,7-9,11-14H2,1-6H3. The molecule has 0 spiro atoms. The molecule has 4 rings (SSSR count). The highest BCUT2D eigenvalue weighted by Gasteiger charge is 2.53. The van der Waals surface area contributed by atoms with E-state index >= 15 is 0 Å². The molecule has 38 heavy (non-hydrogen) atoms. The topological polar surface area (TPSA) is 122 Å². The number of hydrogen-bond acceptors (Lipinski definition) is 9. The summed E-state index contributed by atoms with van der Waals surface area (Å²) in [6, 6.07) is 0. The van der Waals surface area contributed by atoms with Gasteiger partial charge in [-0.25, -0.2) is 4.98 Å². The fraction of sp³-hybridized carbons (Fsp3) is 0.759. The second-order valence-corrected chi connectivity index (χ2v) is 13.3. The van der Waals surface area contributed by atoms with Crippen LogP contribution in [0.3, 0.4) is 0 Å². The van der Waals surface area contributed by atoms with Gasteiger partial charge in [0.1, 0.15) is 11.9 Å². The SMILES string of the molecule is CC(=Cc1csc(C)n1)C1CC2OC2(C)CCCC(C)C(O)C(CC2CO2)C(=O)C(C)(C)C(O)CC(=O)O1. The predicted octanol–water partition coefficient (Wildman–Crippen LogP) is 4.25. The molecule has 212 valence electrons. The molecule has 3 saturated heterocycles. The maximum atomic E-state index is 13.7. The monoisotopic (exact) mass is 549 g/mol. The minimum atomic E-state index is -1.26. The Balaban J connectivity index is 1.58. The lowest BCUT2D eigenvalue weighted by Crippen LogP contribution is -2.47. The second kappa shape index (κ2) is 11.5. The summed E-state index contributed by atoms with van der Waals surface area (Å²) in [5, 5.41) is 25.2. The lowest BCUT2D eigenvalue weighted by atomic mass is 9.71. The van der Waals surface area contributed by atoms with Crippen molar-refractivity contribution in [1.82, 2.24) is 4.98 Å². The van der Waals surface area contributed by atoms with Crippen LogP contribution in [0.1, 0.15) is 83.8 Å². The van der Waals surface area contributed by atoms with Gasteiger partial charge < -0.3 is 24.4 Å². The van der Waals surface area contributed by atoms with Crippen LogP contribution in [0.4, 0.5) is 0 Å². The summed E-state index contributed by atoms with van der Waals surface area (Å²) >= 11 is 1.56. The third-order valence-corrected chi connectivity index (χ3v) is 9.46. The first-order chi connectivity index (χ1) is 17.8. The van der Waals surface area contributed by atoms with Crippen LogP contribution in [-0.2, 0) is 23.8 Å². The molecule has 0 saturated carbocycles. The fourth-order valence-electron chi connectivity index (χ4n) is 5.60. The number of ether oxygens (including phenoxy) is 3. The highest BCUT2D eigenvalue weighted by atomic mass is 32.1. The van der Waals surface area contributed by atoms with Gasteiger partial charge in [0.2, 0.25) is 0 Å². The van der Waals surface area contributed by atoms with E-state index in [0.717, 1.165) is 35.5 Å². The largest absolute Gasteiger partial charge is 0.458 e. The molecule has 3 aliphatic rings. The summed E-state index contributed by atoms with van der Waals surface area (Å²) in [6.07, 6.45) is 2.19. The van der Waals surface area contributed by atoms with Gasteiger partial charge in [-0.1, -0.05) is 27.2 Å². The predicted molar refractivity (Wildman–Crippen MR) is 145 cm³/mol. The number of aliphatic hydroxyl groups is 2. The van der Waals surface area contributed by atoms with Crippen LogP contribution in [0.15, 0.2) is 11.0 Å². The molecular weight excluding hydrogens is 506 g/mol. The third kappa shape index (κ3) is 6.91. The van der Waals surface area contributed by atoms with Gasteiger partial charge in [0.25, 0.3) is 0 Å². The molecule has 8 nitrogen and oxygen atoms in total. The Morgan fingerprint density at radius 2 is 1.97 bits per heavy atom. The van der Waals surface area contributed by atoms with E-state index in [1.807, 2.05) is 32.2 Å². The van der Waals surface area contributed by atoms with Gasteiger partial charge in [0.05, 0.1) is 59.2 Å². The van der Waals surface area contributed by atoms with Crippen LogP contribution in [0.5, 0.6) is 0 Å². The number of thiazole rings is 1. The zero-order valence-electron chi connectivity index (χ0n) is 23.4. The van der Waals surface area contributed by atoms with Crippen molar-refractivity contribution in [2.45, 2.75) is 116 Å². The Hall–Kier alpha value is -1.65. The van der Waals surface area contributed by atoms with E-state index in [0.29, 0.717) is 19.4 Å². The first-order valence-electron chi connectivity index (χ1n) is 13.8. The molecule has 0 aromatic carbocycles. The number of Topliss-reactive ketones (excluding diaryl/α,β-unsaturated/α-hetero) is 1. The number of carbonyl (C=O) groups excluding carboxylic acids is 2. The molecule has 8 atom stereocenters. The van der Waals surface area contributed by atoms with E-state index in [9.17, 15) is 19.8 Å². The minimum Gasteiger partial charge on any atom is -0.458 e. The van der Waals surface area contributed by atoms with E-state index in [-0.39, 0.29) is 35.9 Å². The zero-order chi connectivity index (χ0) is 27.8. The Labute approximate surface area is 229 Å². The molecule has 1 aromatic heterocycles. The minimum absolute atomic E-state index is 0.0501. The summed E-state index contributed by atoms with van der Waals surface area (Å²) in [6.45, 7) is 11.8. The molecule has 1 aromatic rings. The first-order valence-corrected chi connectivity index (χ1v) is 14.7. The number of cyclic esters (lactones) is 1. The van der Waals surface area contributed by atoms with Crippen molar-refractivity contribution in [3.63, 3.8) is 0 Å². The first kappa shape index (κ1) is 29.3. The normalized spacial score (nSPS) is 38.8. The van der Waals surface area contributed by atoms with E-state index in [2.05, 4.69) is 11.9 Å². The van der Waals surface area contributed by atoms with Crippen molar-refractivity contribution in [1.29, 1.82) is 0 Å². The number of epoxide rings is 2. The summed E-state index contributed by atoms with van der Waals surface area (Å²) in [5.41, 5.74) is 0.113. The number of rotatable bonds is 4. The number of esters is 1. The van der Waals surface area contributed by atoms with E-state index in [1.54, 1.807) is 25.2 Å². The maximum absolute atomic E-state index is 13.7. The Bertz CT molecular complexity index is 1050. The van der Waals surface area contributed by atoms with Crippen LogP contribution in [-0.4, -0.2) is 69.7 Å². The average Bonchev–Trinajstić information content (AvgIpc) is 3.74. The number of hydrogen-bond donors (Lipinski definition) is 2. The van der Waals surface area contributed by atoms with E-state index < -0.39 is 35.6 Å². The molecule has 4 heterocycles. The molecule has 9 heteroatoms. The Morgan fingerprint density at radius 1 is 1.26 bits per heavy atom. The molecule has 0 amide bonds. The van der Waals surface area contributed by atoms with E-state index in [4.69, 9.17) is 14.2 Å². The number of carbonyl (C=O) groups is 2. The van der Waals surface area contributed by atoms with Crippen LogP contribution >= 0.6 is 11.3 Å². The van der Waals surface area contributed by atoms with E-state index in [1.165, 1.54) is 0 Å². The number of nitrogens with zero attached hydrogens (tertiary/aromatic N) is 1. The summed E-state index contributed by atoms with van der Waals surface area (Å²) in [5.74, 6) is -1.60. The quantitative estimate of drug-likeness (QED) is 0.422.